The standard InChI is InChI=1S/C12H13N3/c1-9-7-11(13)15-12(14-9)8-10-5-3-2-4-6-10/h2-7H,8H2,1H3,(H2,13,14,15). The molecule has 15 heavy (non-hydrogen) atoms. The lowest BCUT2D eigenvalue weighted by atomic mass is 10.1. The Bertz CT molecular complexity index is 431. The molecular formula is C12H13N3. The first-order chi connectivity index (χ1) is 7.24. The highest BCUT2D eigenvalue weighted by molar-refractivity contribution is 5.30. The average Bonchev–Trinajstić information content (AvgIpc) is 2.17. The number of benzene rings is 1. The predicted molar refractivity (Wildman–Crippen MR) is 60.4 cm³/mol. The zero-order chi connectivity index (χ0) is 10.7. The molecule has 1 aromatic heterocycles. The van der Waals surface area contributed by atoms with Gasteiger partial charge >= 0.3 is 0 Å². The smallest absolute Gasteiger partial charge is 0.135 e. The van der Waals surface area contributed by atoms with Gasteiger partial charge in [0.25, 0.3) is 0 Å². The molecule has 1 aromatic carbocycles. The lowest BCUT2D eigenvalue weighted by molar-refractivity contribution is 0.948. The molecule has 0 saturated carbocycles. The number of nitrogens with two attached hydrogens (primary N) is 1. The first-order valence-corrected chi connectivity index (χ1v) is 4.88. The summed E-state index contributed by atoms with van der Waals surface area (Å²) in [7, 11) is 0. The summed E-state index contributed by atoms with van der Waals surface area (Å²) < 4.78 is 0. The highest BCUT2D eigenvalue weighted by Gasteiger charge is 2.00. The zero-order valence-corrected chi connectivity index (χ0v) is 8.64. The van der Waals surface area contributed by atoms with E-state index in [4.69, 9.17) is 5.73 Å². The van der Waals surface area contributed by atoms with Gasteiger partial charge in [-0.2, -0.15) is 0 Å². The van der Waals surface area contributed by atoms with E-state index in [1.54, 1.807) is 6.07 Å². The summed E-state index contributed by atoms with van der Waals surface area (Å²) in [5.74, 6) is 1.31. The van der Waals surface area contributed by atoms with Crippen molar-refractivity contribution in [1.29, 1.82) is 0 Å². The summed E-state index contributed by atoms with van der Waals surface area (Å²) in [5.41, 5.74) is 7.77. The Kier molecular flexibility index (Phi) is 2.63. The Balaban J connectivity index is 2.25. The van der Waals surface area contributed by atoms with Crippen molar-refractivity contribution in [2.75, 3.05) is 5.73 Å². The molecule has 0 saturated heterocycles. The minimum absolute atomic E-state index is 0.536. The third-order valence-corrected chi connectivity index (χ3v) is 2.13. The van der Waals surface area contributed by atoms with Gasteiger partial charge in [0, 0.05) is 18.2 Å². The van der Waals surface area contributed by atoms with Crippen LogP contribution in [0.2, 0.25) is 0 Å². The van der Waals surface area contributed by atoms with Gasteiger partial charge in [-0.3, -0.25) is 0 Å². The molecule has 1 heterocycles. The number of nitrogen functional groups attached to an aromatic ring is 1. The molecule has 0 radical (unpaired) electrons. The van der Waals surface area contributed by atoms with Gasteiger partial charge in [-0.25, -0.2) is 9.97 Å². The maximum Gasteiger partial charge on any atom is 0.135 e. The average molecular weight is 199 g/mol. The van der Waals surface area contributed by atoms with Crippen LogP contribution in [0.4, 0.5) is 5.82 Å². The zero-order valence-electron chi connectivity index (χ0n) is 8.64. The Labute approximate surface area is 89.0 Å². The van der Waals surface area contributed by atoms with Gasteiger partial charge in [0.1, 0.15) is 11.6 Å². The molecular weight excluding hydrogens is 186 g/mol. The van der Waals surface area contributed by atoms with Crippen LogP contribution in [-0.4, -0.2) is 9.97 Å². The minimum Gasteiger partial charge on any atom is -0.384 e. The molecule has 0 aliphatic carbocycles. The molecule has 2 aromatic rings. The molecule has 0 aliphatic rings. The highest BCUT2D eigenvalue weighted by atomic mass is 14.9. The van der Waals surface area contributed by atoms with Gasteiger partial charge in [-0.1, -0.05) is 30.3 Å². The van der Waals surface area contributed by atoms with E-state index >= 15 is 0 Å². The summed E-state index contributed by atoms with van der Waals surface area (Å²) in [6.07, 6.45) is 0.729. The fraction of sp³-hybridized carbons (Fsp3) is 0.167. The van der Waals surface area contributed by atoms with Gasteiger partial charge in [-0.05, 0) is 12.5 Å². The van der Waals surface area contributed by atoms with E-state index in [0.717, 1.165) is 17.9 Å². The molecule has 2 rings (SSSR count). The van der Waals surface area contributed by atoms with Crippen molar-refractivity contribution in [3.8, 4) is 0 Å². The van der Waals surface area contributed by atoms with E-state index < -0.39 is 0 Å². The summed E-state index contributed by atoms with van der Waals surface area (Å²) in [6, 6.07) is 11.9. The number of aromatic nitrogens is 2. The molecule has 2 N–H and O–H groups in total. The predicted octanol–water partition coefficient (Wildman–Crippen LogP) is 1.96. The summed E-state index contributed by atoms with van der Waals surface area (Å²) in [5, 5.41) is 0. The van der Waals surface area contributed by atoms with Crippen LogP contribution in [0.5, 0.6) is 0 Å². The monoisotopic (exact) mass is 199 g/mol. The van der Waals surface area contributed by atoms with Crippen LogP contribution >= 0.6 is 0 Å². The summed E-state index contributed by atoms with van der Waals surface area (Å²) in [4.78, 5) is 8.53. The van der Waals surface area contributed by atoms with Crippen molar-refractivity contribution in [1.82, 2.24) is 9.97 Å². The van der Waals surface area contributed by atoms with E-state index in [9.17, 15) is 0 Å². The molecule has 3 heteroatoms. The highest BCUT2D eigenvalue weighted by Crippen LogP contribution is 2.07. The van der Waals surface area contributed by atoms with Crippen LogP contribution in [0.3, 0.4) is 0 Å². The van der Waals surface area contributed by atoms with Crippen LogP contribution in [-0.2, 0) is 6.42 Å². The van der Waals surface area contributed by atoms with Crippen molar-refractivity contribution in [3.05, 3.63) is 53.5 Å². The number of nitrogens with zero attached hydrogens (tertiary/aromatic N) is 2. The Morgan fingerprint density at radius 2 is 1.87 bits per heavy atom. The summed E-state index contributed by atoms with van der Waals surface area (Å²) >= 11 is 0. The van der Waals surface area contributed by atoms with Gasteiger partial charge in [0.05, 0.1) is 0 Å². The van der Waals surface area contributed by atoms with Crippen molar-refractivity contribution in [3.63, 3.8) is 0 Å². The van der Waals surface area contributed by atoms with E-state index in [0.29, 0.717) is 5.82 Å². The first-order valence-electron chi connectivity index (χ1n) is 4.88. The van der Waals surface area contributed by atoms with E-state index in [1.807, 2.05) is 25.1 Å². The van der Waals surface area contributed by atoms with Gasteiger partial charge in [-0.15, -0.1) is 0 Å². The Morgan fingerprint density at radius 1 is 1.13 bits per heavy atom. The van der Waals surface area contributed by atoms with Crippen molar-refractivity contribution in [2.45, 2.75) is 13.3 Å². The van der Waals surface area contributed by atoms with E-state index in [2.05, 4.69) is 22.1 Å². The van der Waals surface area contributed by atoms with Crippen molar-refractivity contribution < 1.29 is 0 Å². The molecule has 0 unspecified atom stereocenters. The van der Waals surface area contributed by atoms with Gasteiger partial charge < -0.3 is 5.73 Å². The van der Waals surface area contributed by atoms with Crippen molar-refractivity contribution in [2.24, 2.45) is 0 Å². The maximum atomic E-state index is 5.66. The lowest BCUT2D eigenvalue weighted by Gasteiger charge is -2.02. The second-order valence-corrected chi connectivity index (χ2v) is 3.51. The van der Waals surface area contributed by atoms with Gasteiger partial charge in [0.2, 0.25) is 0 Å². The maximum absolute atomic E-state index is 5.66. The molecule has 0 atom stereocenters. The van der Waals surface area contributed by atoms with Gasteiger partial charge in [0.15, 0.2) is 0 Å². The SMILES string of the molecule is Cc1cc(N)nc(Cc2ccccc2)n1. The second-order valence-electron chi connectivity index (χ2n) is 3.51. The van der Waals surface area contributed by atoms with Crippen LogP contribution in [0, 0.1) is 6.92 Å². The number of anilines is 1. The largest absolute Gasteiger partial charge is 0.384 e. The molecule has 0 fully saturated rings. The van der Waals surface area contributed by atoms with Crippen LogP contribution in [0.15, 0.2) is 36.4 Å². The fourth-order valence-electron chi connectivity index (χ4n) is 1.51. The number of aryl methyl sites for hydroxylation is 1. The number of hydrogen-bond donors (Lipinski definition) is 1. The number of hydrogen-bond acceptors (Lipinski definition) is 3. The lowest BCUT2D eigenvalue weighted by Crippen LogP contribution is -2.01. The normalized spacial score (nSPS) is 10.2. The van der Waals surface area contributed by atoms with E-state index in [1.165, 1.54) is 5.56 Å². The minimum atomic E-state index is 0.536. The quantitative estimate of drug-likeness (QED) is 0.804. The molecule has 0 aliphatic heterocycles. The molecule has 76 valence electrons. The Hall–Kier alpha value is -1.90. The Morgan fingerprint density at radius 3 is 2.53 bits per heavy atom. The molecule has 0 bridgehead atoms. The number of rotatable bonds is 2. The molecule has 3 nitrogen and oxygen atoms in total. The second kappa shape index (κ2) is 4.09. The third-order valence-electron chi connectivity index (χ3n) is 2.13. The first kappa shape index (κ1) is 9.65. The van der Waals surface area contributed by atoms with Crippen molar-refractivity contribution >= 4 is 5.82 Å². The molecule has 0 spiro atoms. The fourth-order valence-corrected chi connectivity index (χ4v) is 1.51. The molecule has 0 amide bonds. The summed E-state index contributed by atoms with van der Waals surface area (Å²) in [6.45, 7) is 1.92. The van der Waals surface area contributed by atoms with Crippen LogP contribution < -0.4 is 5.73 Å². The van der Waals surface area contributed by atoms with Crippen LogP contribution in [0.25, 0.3) is 0 Å². The third kappa shape index (κ3) is 2.53. The van der Waals surface area contributed by atoms with E-state index in [-0.39, 0.29) is 0 Å². The topological polar surface area (TPSA) is 51.8 Å². The van der Waals surface area contributed by atoms with Crippen LogP contribution in [0.1, 0.15) is 17.1 Å².